The minimum Gasteiger partial charge on any atom is -0.486 e. The van der Waals surface area contributed by atoms with Crippen molar-refractivity contribution in [3.05, 3.63) is 60.9 Å². The van der Waals surface area contributed by atoms with Gasteiger partial charge in [0, 0.05) is 15.4 Å². The molecule has 0 bridgehead atoms. The minimum absolute atomic E-state index is 0.520. The average molecular weight is 514 g/mol. The van der Waals surface area contributed by atoms with Gasteiger partial charge >= 0.3 is 0 Å². The predicted molar refractivity (Wildman–Crippen MR) is 92.9 cm³/mol. The van der Waals surface area contributed by atoms with E-state index in [1.54, 1.807) is 0 Å². The highest BCUT2D eigenvalue weighted by Gasteiger charge is 2.09. The molecule has 0 radical (unpaired) electrons. The van der Waals surface area contributed by atoms with Crippen LogP contribution in [0.5, 0.6) is 5.75 Å². The second-order valence-corrected chi connectivity index (χ2v) is 7.03. The van der Waals surface area contributed by atoms with E-state index in [0.29, 0.717) is 6.61 Å². The number of hydrogen-bond acceptors (Lipinski definition) is 1. The van der Waals surface area contributed by atoms with Crippen molar-refractivity contribution in [2.75, 3.05) is 0 Å². The van der Waals surface area contributed by atoms with Crippen LogP contribution in [0.4, 0.5) is 0 Å². The van der Waals surface area contributed by atoms with Gasteiger partial charge in [0.15, 0.2) is 0 Å². The lowest BCUT2D eigenvalue weighted by atomic mass is 10.2. The largest absolute Gasteiger partial charge is 0.486 e. The molecule has 0 heterocycles. The lowest BCUT2D eigenvalue weighted by Crippen LogP contribution is -1.98. The van der Waals surface area contributed by atoms with Crippen LogP contribution >= 0.6 is 63.7 Å². The van der Waals surface area contributed by atoms with Gasteiger partial charge in [0.1, 0.15) is 12.4 Å². The third-order valence-electron chi connectivity index (χ3n) is 2.54. The van der Waals surface area contributed by atoms with Crippen molar-refractivity contribution in [3.8, 4) is 5.75 Å². The van der Waals surface area contributed by atoms with Gasteiger partial charge in [-0.2, -0.15) is 0 Å². The molecular formula is C14H10Br4O. The molecule has 5 heteroatoms. The first-order valence-electron chi connectivity index (χ1n) is 5.52. The van der Waals surface area contributed by atoms with Gasteiger partial charge in [-0.1, -0.05) is 50.1 Å². The summed E-state index contributed by atoms with van der Waals surface area (Å²) in [6, 6.07) is 12.1. The van der Waals surface area contributed by atoms with Crippen LogP contribution in [0.2, 0.25) is 0 Å². The number of halogens is 4. The summed E-state index contributed by atoms with van der Waals surface area (Å²) >= 11 is 14.1. The van der Waals surface area contributed by atoms with Crippen molar-refractivity contribution < 1.29 is 4.74 Å². The van der Waals surface area contributed by atoms with Crippen molar-refractivity contribution >= 4 is 63.7 Å². The Morgan fingerprint density at radius 1 is 0.895 bits per heavy atom. The normalized spacial score (nSPS) is 10.5. The zero-order chi connectivity index (χ0) is 13.8. The third-order valence-corrected chi connectivity index (χ3v) is 5.14. The number of alkyl halides is 1. The summed E-state index contributed by atoms with van der Waals surface area (Å²) in [5, 5.41) is 0.814. The lowest BCUT2D eigenvalue weighted by Gasteiger charge is -2.12. The van der Waals surface area contributed by atoms with E-state index in [1.165, 1.54) is 5.56 Å². The van der Waals surface area contributed by atoms with E-state index < -0.39 is 0 Å². The van der Waals surface area contributed by atoms with Gasteiger partial charge in [0.2, 0.25) is 0 Å². The molecule has 0 atom stereocenters. The van der Waals surface area contributed by atoms with E-state index in [-0.39, 0.29) is 0 Å². The number of benzene rings is 2. The molecule has 0 saturated carbocycles. The van der Waals surface area contributed by atoms with Crippen molar-refractivity contribution in [1.29, 1.82) is 0 Å². The molecule has 1 nitrogen and oxygen atoms in total. The molecule has 0 spiro atoms. The topological polar surface area (TPSA) is 9.23 Å². The molecule has 0 aliphatic rings. The standard InChI is InChI=1S/C14H10Br4O/c15-7-9-5-12(17)14(13(18)6-9)19-8-10-3-1-2-4-11(10)16/h1-6H,7-8H2. The maximum atomic E-state index is 5.89. The fraction of sp³-hybridized carbons (Fsp3) is 0.143. The Morgan fingerprint density at radius 2 is 1.53 bits per heavy atom. The summed E-state index contributed by atoms with van der Waals surface area (Å²) in [6.45, 7) is 0.520. The number of rotatable bonds is 4. The molecule has 100 valence electrons. The smallest absolute Gasteiger partial charge is 0.148 e. The van der Waals surface area contributed by atoms with Crippen LogP contribution in [0.1, 0.15) is 11.1 Å². The van der Waals surface area contributed by atoms with Gasteiger partial charge in [-0.05, 0) is 55.6 Å². The summed E-state index contributed by atoms with van der Waals surface area (Å²) < 4.78 is 8.84. The highest BCUT2D eigenvalue weighted by atomic mass is 79.9. The Bertz CT molecular complexity index is 560. The SMILES string of the molecule is BrCc1cc(Br)c(OCc2ccccc2Br)c(Br)c1. The van der Waals surface area contributed by atoms with E-state index in [1.807, 2.05) is 24.3 Å². The summed E-state index contributed by atoms with van der Waals surface area (Å²) in [4.78, 5) is 0. The van der Waals surface area contributed by atoms with E-state index in [4.69, 9.17) is 4.74 Å². The van der Waals surface area contributed by atoms with Crippen LogP contribution in [-0.2, 0) is 11.9 Å². The van der Waals surface area contributed by atoms with Gasteiger partial charge in [-0.25, -0.2) is 0 Å². The second-order valence-electron chi connectivity index (χ2n) is 3.90. The number of ether oxygens (including phenoxy) is 1. The summed E-state index contributed by atoms with van der Waals surface area (Å²) in [7, 11) is 0. The molecule has 0 aliphatic heterocycles. The molecule has 0 amide bonds. The molecule has 2 rings (SSSR count). The highest BCUT2D eigenvalue weighted by Crippen LogP contribution is 2.36. The van der Waals surface area contributed by atoms with Crippen molar-refractivity contribution in [1.82, 2.24) is 0 Å². The lowest BCUT2D eigenvalue weighted by molar-refractivity contribution is 0.301. The van der Waals surface area contributed by atoms with Crippen molar-refractivity contribution in [3.63, 3.8) is 0 Å². The van der Waals surface area contributed by atoms with Gasteiger partial charge in [0.05, 0.1) is 8.95 Å². The Labute approximate surface area is 146 Å². The van der Waals surface area contributed by atoms with Gasteiger partial charge in [-0.3, -0.25) is 0 Å². The summed E-state index contributed by atoms with van der Waals surface area (Å²) in [5.41, 5.74) is 2.30. The Balaban J connectivity index is 2.18. The van der Waals surface area contributed by atoms with Crippen LogP contribution in [0, 0.1) is 0 Å². The Kier molecular flexibility index (Phi) is 5.93. The maximum absolute atomic E-state index is 5.89. The molecule has 0 unspecified atom stereocenters. The van der Waals surface area contributed by atoms with Crippen molar-refractivity contribution in [2.24, 2.45) is 0 Å². The fourth-order valence-corrected chi connectivity index (χ4v) is 3.83. The molecule has 0 saturated heterocycles. The van der Waals surface area contributed by atoms with E-state index >= 15 is 0 Å². The van der Waals surface area contributed by atoms with Crippen LogP contribution in [-0.4, -0.2) is 0 Å². The van der Waals surface area contributed by atoms with E-state index in [9.17, 15) is 0 Å². The average Bonchev–Trinajstić information content (AvgIpc) is 2.39. The van der Waals surface area contributed by atoms with Gasteiger partial charge in [-0.15, -0.1) is 0 Å². The minimum atomic E-state index is 0.520. The van der Waals surface area contributed by atoms with E-state index in [2.05, 4.69) is 75.9 Å². The second kappa shape index (κ2) is 7.25. The number of hydrogen-bond donors (Lipinski definition) is 0. The zero-order valence-electron chi connectivity index (χ0n) is 9.80. The Hall–Kier alpha value is 0.160. The molecule has 19 heavy (non-hydrogen) atoms. The first-order chi connectivity index (χ1) is 9.11. The molecular weight excluding hydrogens is 504 g/mol. The van der Waals surface area contributed by atoms with Crippen molar-refractivity contribution in [2.45, 2.75) is 11.9 Å². The van der Waals surface area contributed by atoms with Crippen LogP contribution < -0.4 is 4.74 Å². The fourth-order valence-electron chi connectivity index (χ4n) is 1.59. The van der Waals surface area contributed by atoms with Gasteiger partial charge < -0.3 is 4.74 Å². The molecule has 0 N–H and O–H groups in total. The monoisotopic (exact) mass is 510 g/mol. The van der Waals surface area contributed by atoms with Crippen LogP contribution in [0.15, 0.2) is 49.8 Å². The first kappa shape index (κ1) is 15.5. The van der Waals surface area contributed by atoms with Crippen LogP contribution in [0.3, 0.4) is 0 Å². The van der Waals surface area contributed by atoms with Gasteiger partial charge in [0.25, 0.3) is 0 Å². The van der Waals surface area contributed by atoms with E-state index in [0.717, 1.165) is 30.1 Å². The predicted octanol–water partition coefficient (Wildman–Crippen LogP) is 6.45. The quantitative estimate of drug-likeness (QED) is 0.427. The molecule has 2 aromatic rings. The maximum Gasteiger partial charge on any atom is 0.148 e. The Morgan fingerprint density at radius 3 is 2.11 bits per heavy atom. The first-order valence-corrected chi connectivity index (χ1v) is 9.02. The third kappa shape index (κ3) is 4.06. The summed E-state index contributed by atoms with van der Waals surface area (Å²) in [6.07, 6.45) is 0. The molecule has 0 fully saturated rings. The molecule has 2 aromatic carbocycles. The molecule has 0 aromatic heterocycles. The molecule has 0 aliphatic carbocycles. The zero-order valence-corrected chi connectivity index (χ0v) is 16.1. The summed E-state index contributed by atoms with van der Waals surface area (Å²) in [5.74, 6) is 0.820. The van der Waals surface area contributed by atoms with Crippen LogP contribution in [0.25, 0.3) is 0 Å². The highest BCUT2D eigenvalue weighted by molar-refractivity contribution is 9.11.